The molecule has 0 amide bonds. The second kappa shape index (κ2) is 5.59. The van der Waals surface area contributed by atoms with Gasteiger partial charge in [-0.2, -0.15) is 18.2 Å². The number of benzene rings is 1. The first-order chi connectivity index (χ1) is 9.75. The van der Waals surface area contributed by atoms with Crippen LogP contribution < -0.4 is 9.64 Å². The standard InChI is InChI=1S/C14H14F3N3O/c1-9-4-6-10(7-5-9)21-12-8-11(14(15,16)17)18-13(19-12)20(2)3/h4-8H,1-3H3. The number of hydrogen-bond acceptors (Lipinski definition) is 4. The summed E-state index contributed by atoms with van der Waals surface area (Å²) in [6, 6.07) is 7.72. The average molecular weight is 297 g/mol. The molecule has 0 spiro atoms. The van der Waals surface area contributed by atoms with Crippen molar-refractivity contribution in [2.24, 2.45) is 0 Å². The van der Waals surface area contributed by atoms with Gasteiger partial charge in [-0.15, -0.1) is 0 Å². The van der Waals surface area contributed by atoms with E-state index < -0.39 is 11.9 Å². The van der Waals surface area contributed by atoms with Crippen molar-refractivity contribution in [1.29, 1.82) is 0 Å². The zero-order valence-corrected chi connectivity index (χ0v) is 11.8. The molecular weight excluding hydrogens is 283 g/mol. The first kappa shape index (κ1) is 15.1. The summed E-state index contributed by atoms with van der Waals surface area (Å²) in [6.07, 6.45) is -4.56. The van der Waals surface area contributed by atoms with Gasteiger partial charge in [-0.3, -0.25) is 0 Å². The Kier molecular flexibility index (Phi) is 4.02. The van der Waals surface area contributed by atoms with Gasteiger partial charge < -0.3 is 9.64 Å². The number of nitrogens with zero attached hydrogens (tertiary/aromatic N) is 3. The van der Waals surface area contributed by atoms with E-state index in [1.807, 2.05) is 6.92 Å². The van der Waals surface area contributed by atoms with Crippen molar-refractivity contribution in [3.05, 3.63) is 41.6 Å². The van der Waals surface area contributed by atoms with Gasteiger partial charge in [0.15, 0.2) is 5.69 Å². The summed E-state index contributed by atoms with van der Waals surface area (Å²) in [5.41, 5.74) is -0.0155. The lowest BCUT2D eigenvalue weighted by molar-refractivity contribution is -0.141. The molecule has 0 bridgehead atoms. The molecule has 0 saturated carbocycles. The Morgan fingerprint density at radius 2 is 1.67 bits per heavy atom. The highest BCUT2D eigenvalue weighted by molar-refractivity contribution is 5.36. The minimum Gasteiger partial charge on any atom is -0.439 e. The first-order valence-corrected chi connectivity index (χ1v) is 6.14. The van der Waals surface area contributed by atoms with E-state index >= 15 is 0 Å². The summed E-state index contributed by atoms with van der Waals surface area (Å²) in [7, 11) is 3.12. The number of halogens is 3. The van der Waals surface area contributed by atoms with Crippen LogP contribution in [0.2, 0.25) is 0 Å². The van der Waals surface area contributed by atoms with Gasteiger partial charge in [0.25, 0.3) is 0 Å². The third kappa shape index (κ3) is 3.84. The summed E-state index contributed by atoms with van der Waals surface area (Å²) >= 11 is 0. The van der Waals surface area contributed by atoms with Crippen molar-refractivity contribution in [2.75, 3.05) is 19.0 Å². The third-order valence-electron chi connectivity index (χ3n) is 2.62. The van der Waals surface area contributed by atoms with Crippen LogP contribution in [-0.4, -0.2) is 24.1 Å². The smallest absolute Gasteiger partial charge is 0.433 e. The highest BCUT2D eigenvalue weighted by atomic mass is 19.4. The SMILES string of the molecule is Cc1ccc(Oc2cc(C(F)(F)F)nc(N(C)C)n2)cc1. The van der Waals surface area contributed by atoms with E-state index in [1.165, 1.54) is 4.90 Å². The summed E-state index contributed by atoms with van der Waals surface area (Å²) in [6.45, 7) is 1.90. The Balaban J connectivity index is 2.38. The second-order valence-electron chi connectivity index (χ2n) is 4.70. The second-order valence-corrected chi connectivity index (χ2v) is 4.70. The molecule has 1 heterocycles. The third-order valence-corrected chi connectivity index (χ3v) is 2.62. The Bertz CT molecular complexity index is 624. The van der Waals surface area contributed by atoms with Gasteiger partial charge in [0.2, 0.25) is 11.8 Å². The number of hydrogen-bond donors (Lipinski definition) is 0. The normalized spacial score (nSPS) is 11.3. The van der Waals surface area contributed by atoms with Crippen LogP contribution >= 0.6 is 0 Å². The van der Waals surface area contributed by atoms with E-state index in [0.29, 0.717) is 5.75 Å². The van der Waals surface area contributed by atoms with E-state index in [4.69, 9.17) is 4.74 Å². The molecule has 1 aromatic heterocycles. The molecule has 1 aromatic carbocycles. The van der Waals surface area contributed by atoms with Gasteiger partial charge in [0.1, 0.15) is 5.75 Å². The van der Waals surface area contributed by atoms with Crippen LogP contribution in [0.1, 0.15) is 11.3 Å². The number of rotatable bonds is 3. The van der Waals surface area contributed by atoms with Crippen molar-refractivity contribution < 1.29 is 17.9 Å². The largest absolute Gasteiger partial charge is 0.439 e. The minimum atomic E-state index is -4.56. The number of alkyl halides is 3. The van der Waals surface area contributed by atoms with Crippen LogP contribution in [-0.2, 0) is 6.18 Å². The molecule has 0 aliphatic carbocycles. The predicted octanol–water partition coefficient (Wildman–Crippen LogP) is 3.66. The van der Waals surface area contributed by atoms with Crippen molar-refractivity contribution in [3.8, 4) is 11.6 Å². The highest BCUT2D eigenvalue weighted by Crippen LogP contribution is 2.32. The molecule has 0 atom stereocenters. The van der Waals surface area contributed by atoms with Crippen molar-refractivity contribution >= 4 is 5.95 Å². The van der Waals surface area contributed by atoms with E-state index in [9.17, 15) is 13.2 Å². The number of aryl methyl sites for hydroxylation is 1. The van der Waals surface area contributed by atoms with Gasteiger partial charge in [0, 0.05) is 20.2 Å². The molecule has 0 fully saturated rings. The number of aromatic nitrogens is 2. The van der Waals surface area contributed by atoms with Crippen LogP contribution in [0.5, 0.6) is 11.6 Å². The summed E-state index contributed by atoms with van der Waals surface area (Å²) in [5, 5.41) is 0. The fourth-order valence-electron chi connectivity index (χ4n) is 1.54. The molecule has 7 heteroatoms. The van der Waals surface area contributed by atoms with Crippen molar-refractivity contribution in [3.63, 3.8) is 0 Å². The summed E-state index contributed by atoms with van der Waals surface area (Å²) < 4.78 is 43.9. The molecule has 0 saturated heterocycles. The van der Waals surface area contributed by atoms with E-state index in [1.54, 1.807) is 38.4 Å². The topological polar surface area (TPSA) is 38.2 Å². The number of ether oxygens (including phenoxy) is 1. The molecule has 4 nitrogen and oxygen atoms in total. The molecule has 0 aliphatic heterocycles. The molecule has 2 aromatic rings. The fourth-order valence-corrected chi connectivity index (χ4v) is 1.54. The molecule has 0 unspecified atom stereocenters. The van der Waals surface area contributed by atoms with Crippen LogP contribution in [0.15, 0.2) is 30.3 Å². The molecular formula is C14H14F3N3O. The van der Waals surface area contributed by atoms with Crippen molar-refractivity contribution in [2.45, 2.75) is 13.1 Å². The van der Waals surface area contributed by atoms with Gasteiger partial charge >= 0.3 is 6.18 Å². The van der Waals surface area contributed by atoms with Gasteiger partial charge in [-0.1, -0.05) is 17.7 Å². The molecule has 21 heavy (non-hydrogen) atoms. The number of anilines is 1. The van der Waals surface area contributed by atoms with Crippen LogP contribution in [0.3, 0.4) is 0 Å². The first-order valence-electron chi connectivity index (χ1n) is 6.14. The molecule has 0 N–H and O–H groups in total. The maximum absolute atomic E-state index is 12.8. The van der Waals surface area contributed by atoms with Gasteiger partial charge in [-0.05, 0) is 19.1 Å². The fraction of sp³-hybridized carbons (Fsp3) is 0.286. The average Bonchev–Trinajstić information content (AvgIpc) is 2.40. The zero-order valence-electron chi connectivity index (χ0n) is 11.8. The summed E-state index contributed by atoms with van der Waals surface area (Å²) in [5.74, 6) is 0.203. The molecule has 0 aliphatic rings. The maximum Gasteiger partial charge on any atom is 0.433 e. The quantitative estimate of drug-likeness (QED) is 0.866. The lowest BCUT2D eigenvalue weighted by atomic mass is 10.2. The van der Waals surface area contributed by atoms with Crippen molar-refractivity contribution in [1.82, 2.24) is 9.97 Å². The monoisotopic (exact) mass is 297 g/mol. The van der Waals surface area contributed by atoms with Gasteiger partial charge in [-0.25, -0.2) is 4.98 Å². The molecule has 0 radical (unpaired) electrons. The lowest BCUT2D eigenvalue weighted by Crippen LogP contribution is -2.17. The van der Waals surface area contributed by atoms with Gasteiger partial charge in [0.05, 0.1) is 0 Å². The highest BCUT2D eigenvalue weighted by Gasteiger charge is 2.34. The van der Waals surface area contributed by atoms with Crippen LogP contribution in [0.25, 0.3) is 0 Å². The van der Waals surface area contributed by atoms with E-state index in [-0.39, 0.29) is 11.8 Å². The van der Waals surface area contributed by atoms with E-state index in [0.717, 1.165) is 11.6 Å². The van der Waals surface area contributed by atoms with Crippen LogP contribution in [0.4, 0.5) is 19.1 Å². The minimum absolute atomic E-state index is 0.0630. The zero-order chi connectivity index (χ0) is 15.6. The Morgan fingerprint density at radius 3 is 2.19 bits per heavy atom. The molecule has 112 valence electrons. The Hall–Kier alpha value is -2.31. The van der Waals surface area contributed by atoms with E-state index in [2.05, 4.69) is 9.97 Å². The molecule has 2 rings (SSSR count). The van der Waals surface area contributed by atoms with Crippen LogP contribution in [0, 0.1) is 6.92 Å². The predicted molar refractivity (Wildman–Crippen MR) is 72.6 cm³/mol. The maximum atomic E-state index is 12.8. The summed E-state index contributed by atoms with van der Waals surface area (Å²) in [4.78, 5) is 8.81. The Morgan fingerprint density at radius 1 is 1.05 bits per heavy atom. The Labute approximate surface area is 120 Å². The lowest BCUT2D eigenvalue weighted by Gasteiger charge is -2.15.